The van der Waals surface area contributed by atoms with Gasteiger partial charge in [0.15, 0.2) is 0 Å². The van der Waals surface area contributed by atoms with E-state index in [0.717, 1.165) is 32.3 Å². The van der Waals surface area contributed by atoms with E-state index in [4.69, 9.17) is 4.74 Å². The van der Waals surface area contributed by atoms with Gasteiger partial charge in [-0.25, -0.2) is 0 Å². The predicted octanol–water partition coefficient (Wildman–Crippen LogP) is 7.95. The van der Waals surface area contributed by atoms with Gasteiger partial charge in [-0.05, 0) is 64.7 Å². The molecule has 0 saturated carbocycles. The third-order valence-corrected chi connectivity index (χ3v) is 4.20. The molecule has 0 aromatic rings. The number of hydrogen-bond acceptors (Lipinski definition) is 1. The molecule has 0 amide bonds. The Morgan fingerprint density at radius 2 is 1.12 bits per heavy atom. The molecular weight excluding hydrogens is 304 g/mol. The van der Waals surface area contributed by atoms with Crippen molar-refractivity contribution in [1.82, 2.24) is 0 Å². The quantitative estimate of drug-likeness (QED) is 0.192. The standard InChI is InChI=1S/C24H42O/c1-4-6-7-8-9-10-11-12-13-14-15-16-17-18-19-20-21-22-23-25-24(3)5-2/h9-10,12-13,15-16,18-19,24H,4-8,11,14,17,20-23H2,1-3H3/b10-9-,13-12-,16-15-,19-18-. The summed E-state index contributed by atoms with van der Waals surface area (Å²) >= 11 is 0. The van der Waals surface area contributed by atoms with Crippen molar-refractivity contribution in [2.45, 2.75) is 97.5 Å². The molecule has 0 bridgehead atoms. The number of allylic oxidation sites excluding steroid dienone is 8. The minimum absolute atomic E-state index is 0.413. The topological polar surface area (TPSA) is 9.23 Å². The van der Waals surface area contributed by atoms with Crippen LogP contribution in [-0.4, -0.2) is 12.7 Å². The smallest absolute Gasteiger partial charge is 0.0544 e. The Morgan fingerprint density at radius 1 is 0.640 bits per heavy atom. The molecular formula is C24H42O. The second-order valence-electron chi connectivity index (χ2n) is 6.67. The minimum atomic E-state index is 0.413. The zero-order chi connectivity index (χ0) is 18.4. The van der Waals surface area contributed by atoms with E-state index in [1.165, 1.54) is 44.9 Å². The third-order valence-electron chi connectivity index (χ3n) is 4.20. The van der Waals surface area contributed by atoms with Crippen molar-refractivity contribution < 1.29 is 4.74 Å². The molecule has 0 saturated heterocycles. The highest BCUT2D eigenvalue weighted by Gasteiger charge is 1.96. The van der Waals surface area contributed by atoms with Gasteiger partial charge in [-0.3, -0.25) is 0 Å². The summed E-state index contributed by atoms with van der Waals surface area (Å²) in [5.41, 5.74) is 0. The molecule has 1 atom stereocenters. The van der Waals surface area contributed by atoms with Gasteiger partial charge in [-0.2, -0.15) is 0 Å². The molecule has 0 aromatic carbocycles. The first-order chi connectivity index (χ1) is 12.3. The van der Waals surface area contributed by atoms with Gasteiger partial charge in [0.05, 0.1) is 6.10 Å². The minimum Gasteiger partial charge on any atom is -0.379 e. The van der Waals surface area contributed by atoms with Gasteiger partial charge < -0.3 is 4.74 Å². The van der Waals surface area contributed by atoms with Crippen LogP contribution >= 0.6 is 0 Å². The van der Waals surface area contributed by atoms with Gasteiger partial charge in [0.2, 0.25) is 0 Å². The fraction of sp³-hybridized carbons (Fsp3) is 0.667. The molecule has 0 fully saturated rings. The van der Waals surface area contributed by atoms with E-state index >= 15 is 0 Å². The van der Waals surface area contributed by atoms with Crippen LogP contribution in [0.4, 0.5) is 0 Å². The van der Waals surface area contributed by atoms with E-state index in [1.54, 1.807) is 0 Å². The van der Waals surface area contributed by atoms with E-state index in [0.29, 0.717) is 6.10 Å². The zero-order valence-corrected chi connectivity index (χ0v) is 17.1. The maximum Gasteiger partial charge on any atom is 0.0544 e. The number of unbranched alkanes of at least 4 members (excludes halogenated alkanes) is 5. The highest BCUT2D eigenvalue weighted by atomic mass is 16.5. The maximum absolute atomic E-state index is 5.67. The first kappa shape index (κ1) is 23.9. The maximum atomic E-state index is 5.67. The number of ether oxygens (including phenoxy) is 1. The highest BCUT2D eigenvalue weighted by molar-refractivity contribution is 4.99. The van der Waals surface area contributed by atoms with Gasteiger partial charge in [-0.1, -0.05) is 75.3 Å². The Balaban J connectivity index is 3.37. The summed E-state index contributed by atoms with van der Waals surface area (Å²) in [6, 6.07) is 0. The monoisotopic (exact) mass is 346 g/mol. The lowest BCUT2D eigenvalue weighted by Gasteiger charge is -2.09. The normalized spacial score (nSPS) is 13.9. The fourth-order valence-electron chi connectivity index (χ4n) is 2.33. The lowest BCUT2D eigenvalue weighted by atomic mass is 10.2. The molecule has 1 nitrogen and oxygen atoms in total. The highest BCUT2D eigenvalue weighted by Crippen LogP contribution is 2.03. The van der Waals surface area contributed by atoms with Crippen molar-refractivity contribution in [2.75, 3.05) is 6.61 Å². The molecule has 0 heterocycles. The first-order valence-electron chi connectivity index (χ1n) is 10.5. The van der Waals surface area contributed by atoms with Crippen LogP contribution in [0.2, 0.25) is 0 Å². The summed E-state index contributed by atoms with van der Waals surface area (Å²) in [6.07, 6.45) is 31.7. The molecule has 0 aromatic heterocycles. The number of rotatable bonds is 17. The Kier molecular flexibility index (Phi) is 20.1. The van der Waals surface area contributed by atoms with E-state index in [-0.39, 0.29) is 0 Å². The summed E-state index contributed by atoms with van der Waals surface area (Å²) < 4.78 is 5.67. The van der Waals surface area contributed by atoms with Crippen LogP contribution in [0.3, 0.4) is 0 Å². The van der Waals surface area contributed by atoms with Crippen molar-refractivity contribution in [3.63, 3.8) is 0 Å². The summed E-state index contributed by atoms with van der Waals surface area (Å²) in [7, 11) is 0. The van der Waals surface area contributed by atoms with Crippen molar-refractivity contribution in [1.29, 1.82) is 0 Å². The van der Waals surface area contributed by atoms with Crippen molar-refractivity contribution in [3.8, 4) is 0 Å². The summed E-state index contributed by atoms with van der Waals surface area (Å²) in [4.78, 5) is 0. The molecule has 0 spiro atoms. The predicted molar refractivity (Wildman–Crippen MR) is 114 cm³/mol. The third kappa shape index (κ3) is 20.9. The summed E-state index contributed by atoms with van der Waals surface area (Å²) in [5.74, 6) is 0. The molecule has 0 rings (SSSR count). The van der Waals surface area contributed by atoms with Crippen LogP contribution < -0.4 is 0 Å². The van der Waals surface area contributed by atoms with Crippen LogP contribution in [0.15, 0.2) is 48.6 Å². The van der Waals surface area contributed by atoms with Gasteiger partial charge in [0.25, 0.3) is 0 Å². The first-order valence-corrected chi connectivity index (χ1v) is 10.5. The molecule has 1 heteroatoms. The molecule has 0 aliphatic carbocycles. The van der Waals surface area contributed by atoms with Gasteiger partial charge >= 0.3 is 0 Å². The zero-order valence-electron chi connectivity index (χ0n) is 17.1. The van der Waals surface area contributed by atoms with Crippen LogP contribution in [0, 0.1) is 0 Å². The fourth-order valence-corrected chi connectivity index (χ4v) is 2.33. The Morgan fingerprint density at radius 3 is 1.60 bits per heavy atom. The van der Waals surface area contributed by atoms with Gasteiger partial charge in [0, 0.05) is 6.61 Å². The SMILES string of the molecule is CCCCC/C=C\C/C=C\C/C=C\C/C=C\CCCCOC(C)CC. The Labute approximate surface area is 157 Å². The second-order valence-corrected chi connectivity index (χ2v) is 6.67. The molecule has 144 valence electrons. The molecule has 0 radical (unpaired) electrons. The number of hydrogen-bond donors (Lipinski definition) is 0. The lowest BCUT2D eigenvalue weighted by Crippen LogP contribution is -2.07. The van der Waals surface area contributed by atoms with Crippen molar-refractivity contribution in [3.05, 3.63) is 48.6 Å². The van der Waals surface area contributed by atoms with E-state index < -0.39 is 0 Å². The molecule has 0 aliphatic rings. The van der Waals surface area contributed by atoms with E-state index in [1.807, 2.05) is 0 Å². The van der Waals surface area contributed by atoms with Gasteiger partial charge in [-0.15, -0.1) is 0 Å². The summed E-state index contributed by atoms with van der Waals surface area (Å²) in [6.45, 7) is 7.47. The Bertz CT molecular complexity index is 362. The van der Waals surface area contributed by atoms with Crippen molar-refractivity contribution in [2.24, 2.45) is 0 Å². The van der Waals surface area contributed by atoms with Crippen LogP contribution in [0.5, 0.6) is 0 Å². The second kappa shape index (κ2) is 21.0. The molecule has 0 aliphatic heterocycles. The van der Waals surface area contributed by atoms with Crippen molar-refractivity contribution >= 4 is 0 Å². The molecule has 0 N–H and O–H groups in total. The van der Waals surface area contributed by atoms with Crippen LogP contribution in [0.1, 0.15) is 91.4 Å². The molecule has 25 heavy (non-hydrogen) atoms. The average molecular weight is 347 g/mol. The van der Waals surface area contributed by atoms with Crippen LogP contribution in [0.25, 0.3) is 0 Å². The van der Waals surface area contributed by atoms with Crippen LogP contribution in [-0.2, 0) is 4.74 Å². The average Bonchev–Trinajstić information content (AvgIpc) is 2.63. The van der Waals surface area contributed by atoms with E-state index in [2.05, 4.69) is 69.4 Å². The largest absolute Gasteiger partial charge is 0.379 e. The molecule has 1 unspecified atom stereocenters. The van der Waals surface area contributed by atoms with E-state index in [9.17, 15) is 0 Å². The Hall–Kier alpha value is -1.08. The lowest BCUT2D eigenvalue weighted by molar-refractivity contribution is 0.0612. The summed E-state index contributed by atoms with van der Waals surface area (Å²) in [5, 5.41) is 0. The van der Waals surface area contributed by atoms with Gasteiger partial charge in [0.1, 0.15) is 0 Å².